The number of carbonyl (C=O) groups excluding carboxylic acids is 2. The fourth-order valence-corrected chi connectivity index (χ4v) is 6.75. The van der Waals surface area contributed by atoms with E-state index in [1.165, 1.54) is 38.3 Å². The highest BCUT2D eigenvalue weighted by Crippen LogP contribution is 2.34. The molecular weight excluding hydrogens is 699 g/mol. The zero-order valence-electron chi connectivity index (χ0n) is 26.3. The van der Waals surface area contributed by atoms with Crippen LogP contribution in [0.2, 0.25) is 0 Å². The molecule has 0 unspecified atom stereocenters. The Bertz CT molecular complexity index is 1950. The number of nitrogens with zero attached hydrogens (tertiary/aromatic N) is 4. The fraction of sp³-hybridized carbons (Fsp3) is 0.323. The molecule has 0 saturated carbocycles. The van der Waals surface area contributed by atoms with E-state index in [1.54, 1.807) is 6.07 Å². The number of methoxy groups -OCH3 is 1. The van der Waals surface area contributed by atoms with Crippen molar-refractivity contribution in [2.75, 3.05) is 62.1 Å². The van der Waals surface area contributed by atoms with Gasteiger partial charge in [-0.2, -0.15) is 18.3 Å². The van der Waals surface area contributed by atoms with Gasteiger partial charge in [-0.3, -0.25) is 19.6 Å². The molecular formula is C31H32ClF5N6O5S. The molecule has 4 aromatic rings. The second kappa shape index (κ2) is 14.7. The van der Waals surface area contributed by atoms with E-state index < -0.39 is 50.4 Å². The number of alkyl halides is 3. The van der Waals surface area contributed by atoms with Crippen LogP contribution in [-0.2, 0) is 19.4 Å². The number of aromatic amines is 1. The molecule has 1 aliphatic heterocycles. The van der Waals surface area contributed by atoms with Crippen LogP contribution in [0.1, 0.15) is 17.3 Å². The molecule has 1 aromatic heterocycles. The highest BCUT2D eigenvalue weighted by Gasteiger charge is 2.45. The zero-order valence-corrected chi connectivity index (χ0v) is 28.0. The number of piperazine rings is 1. The van der Waals surface area contributed by atoms with Gasteiger partial charge in [0.15, 0.2) is 5.82 Å². The maximum atomic E-state index is 13.9. The quantitative estimate of drug-likeness (QED) is 0.230. The number of halogens is 6. The first-order chi connectivity index (χ1) is 22.6. The summed E-state index contributed by atoms with van der Waals surface area (Å²) in [5.41, 5.74) is 0.131. The maximum absolute atomic E-state index is 13.9. The van der Waals surface area contributed by atoms with Crippen LogP contribution in [0.4, 0.5) is 39.1 Å². The molecule has 0 spiro atoms. The van der Waals surface area contributed by atoms with E-state index in [2.05, 4.69) is 20.4 Å². The Kier molecular flexibility index (Phi) is 11.2. The molecule has 0 radical (unpaired) electrons. The van der Waals surface area contributed by atoms with Gasteiger partial charge in [0.1, 0.15) is 11.6 Å². The van der Waals surface area contributed by atoms with Gasteiger partial charge in [0, 0.05) is 50.4 Å². The summed E-state index contributed by atoms with van der Waals surface area (Å²) < 4.78 is 101. The first kappa shape index (κ1) is 37.5. The van der Waals surface area contributed by atoms with Crippen LogP contribution < -0.4 is 15.1 Å². The van der Waals surface area contributed by atoms with E-state index in [-0.39, 0.29) is 51.9 Å². The van der Waals surface area contributed by atoms with Crippen LogP contribution in [0.3, 0.4) is 0 Å². The predicted molar refractivity (Wildman–Crippen MR) is 174 cm³/mol. The molecule has 3 aromatic carbocycles. The third-order valence-corrected chi connectivity index (χ3v) is 9.62. The lowest BCUT2D eigenvalue weighted by Gasteiger charge is -2.36. The van der Waals surface area contributed by atoms with E-state index in [4.69, 9.17) is 4.74 Å². The summed E-state index contributed by atoms with van der Waals surface area (Å²) in [6, 6.07) is 8.54. The van der Waals surface area contributed by atoms with Crippen molar-refractivity contribution < 1.29 is 44.7 Å². The highest BCUT2D eigenvalue weighted by atomic mass is 35.5. The van der Waals surface area contributed by atoms with Gasteiger partial charge >= 0.3 is 12.1 Å². The summed E-state index contributed by atoms with van der Waals surface area (Å²) >= 11 is 0. The number of amides is 2. The van der Waals surface area contributed by atoms with Crippen LogP contribution in [0, 0.1) is 11.6 Å². The third kappa shape index (κ3) is 7.95. The molecule has 0 bridgehead atoms. The molecule has 49 heavy (non-hydrogen) atoms. The average molecular weight is 731 g/mol. The van der Waals surface area contributed by atoms with Gasteiger partial charge in [-0.05, 0) is 62.5 Å². The van der Waals surface area contributed by atoms with Gasteiger partial charge in [0.05, 0.1) is 39.2 Å². The summed E-state index contributed by atoms with van der Waals surface area (Å²) in [5.74, 6) is -5.54. The van der Waals surface area contributed by atoms with Gasteiger partial charge in [0.25, 0.3) is 5.91 Å². The number of nitrogens with one attached hydrogen (secondary N) is 2. The van der Waals surface area contributed by atoms with Crippen LogP contribution in [0.25, 0.3) is 10.9 Å². The second-order valence-corrected chi connectivity index (χ2v) is 13.3. The number of ether oxygens (including phenoxy) is 1. The van der Waals surface area contributed by atoms with E-state index in [0.717, 1.165) is 6.07 Å². The minimum atomic E-state index is -5.29. The van der Waals surface area contributed by atoms with E-state index in [9.17, 15) is 40.0 Å². The van der Waals surface area contributed by atoms with Crippen LogP contribution in [0.15, 0.2) is 64.4 Å². The minimum Gasteiger partial charge on any atom is -0.383 e. The molecule has 11 nitrogen and oxygen atoms in total. The van der Waals surface area contributed by atoms with Gasteiger partial charge in [-0.25, -0.2) is 17.2 Å². The second-order valence-electron chi connectivity index (χ2n) is 11.3. The van der Waals surface area contributed by atoms with Crippen molar-refractivity contribution in [2.45, 2.75) is 28.9 Å². The Morgan fingerprint density at radius 3 is 2.27 bits per heavy atom. The molecule has 1 fully saturated rings. The number of benzene rings is 3. The number of aromatic nitrogens is 2. The van der Waals surface area contributed by atoms with Crippen molar-refractivity contribution in [2.24, 2.45) is 0 Å². The highest BCUT2D eigenvalue weighted by molar-refractivity contribution is 7.91. The normalized spacial score (nSPS) is 14.7. The lowest BCUT2D eigenvalue weighted by molar-refractivity contribution is -0.171. The zero-order chi connectivity index (χ0) is 35.0. The number of hydrogen-bond acceptors (Lipinski definition) is 8. The third-order valence-electron chi connectivity index (χ3n) is 7.89. The van der Waals surface area contributed by atoms with E-state index in [0.29, 0.717) is 55.0 Å². The summed E-state index contributed by atoms with van der Waals surface area (Å²) in [6.07, 6.45) is -5.29. The SMILES string of the molecule is COC[C@@H](C)N(C(=O)C(F)(F)F)c1cc(N2CCN(C)CC2)ccc1C(=O)Nc1n[nH]c2ccc(S(=O)(=O)c3cc(F)cc(F)c3)cc12.Cl. The number of fused-ring (bicyclic) bond motifs is 1. The Morgan fingerprint density at radius 2 is 1.65 bits per heavy atom. The average Bonchev–Trinajstić information content (AvgIpc) is 3.42. The first-order valence-electron chi connectivity index (χ1n) is 14.6. The summed E-state index contributed by atoms with van der Waals surface area (Å²) in [5, 5.41) is 9.24. The molecule has 2 heterocycles. The molecule has 1 atom stereocenters. The fourth-order valence-electron chi connectivity index (χ4n) is 5.42. The van der Waals surface area contributed by atoms with Crippen molar-refractivity contribution in [3.63, 3.8) is 0 Å². The number of rotatable bonds is 9. The van der Waals surface area contributed by atoms with Crippen molar-refractivity contribution >= 4 is 62.2 Å². The molecule has 2 N–H and O–H groups in total. The number of hydrogen-bond donors (Lipinski definition) is 2. The first-order valence-corrected chi connectivity index (χ1v) is 16.1. The molecule has 1 saturated heterocycles. The van der Waals surface area contributed by atoms with Gasteiger partial charge in [0.2, 0.25) is 9.84 Å². The molecule has 5 rings (SSSR count). The molecule has 1 aliphatic rings. The molecule has 2 amide bonds. The number of anilines is 3. The number of carbonyl (C=O) groups is 2. The largest absolute Gasteiger partial charge is 0.471 e. The van der Waals surface area contributed by atoms with Gasteiger partial charge < -0.3 is 19.9 Å². The monoisotopic (exact) mass is 730 g/mol. The number of sulfone groups is 1. The topological polar surface area (TPSA) is 128 Å². The number of H-pyrrole nitrogens is 1. The minimum absolute atomic E-state index is 0. The standard InChI is InChI=1S/C31H31F5N6O5S.ClH/c1-18(17-47-3)42(30(44)31(34,35)36)27-15-21(41-10-8-40(2)9-11-41)4-6-24(27)29(43)37-28-25-16-22(5-7-26(25)38-39-28)48(45,46)23-13-19(32)12-20(33)14-23;/h4-7,12-16,18H,8-11,17H2,1-3H3,(H2,37,38,39,43);1H/t18-;/m1./s1. The summed E-state index contributed by atoms with van der Waals surface area (Å²) in [7, 11) is -1.23. The Morgan fingerprint density at radius 1 is 1.00 bits per heavy atom. The maximum Gasteiger partial charge on any atom is 0.471 e. The van der Waals surface area contributed by atoms with E-state index in [1.807, 2.05) is 11.9 Å². The van der Waals surface area contributed by atoms with Crippen molar-refractivity contribution in [1.82, 2.24) is 15.1 Å². The number of likely N-dealkylation sites (N-methyl/N-ethyl adjacent to an activating group) is 1. The Labute approximate surface area is 284 Å². The molecule has 0 aliphatic carbocycles. The Hall–Kier alpha value is -4.32. The smallest absolute Gasteiger partial charge is 0.383 e. The molecule has 18 heteroatoms. The Balaban J connectivity index is 0.00000541. The van der Waals surface area contributed by atoms with Crippen LogP contribution >= 0.6 is 12.4 Å². The van der Waals surface area contributed by atoms with Crippen LogP contribution in [-0.4, -0.2) is 94.5 Å². The summed E-state index contributed by atoms with van der Waals surface area (Å²) in [4.78, 5) is 30.1. The summed E-state index contributed by atoms with van der Waals surface area (Å²) in [6.45, 7) is 3.54. The van der Waals surface area contributed by atoms with Gasteiger partial charge in [-0.1, -0.05) is 0 Å². The van der Waals surface area contributed by atoms with Crippen molar-refractivity contribution in [3.05, 3.63) is 71.8 Å². The molecule has 264 valence electrons. The predicted octanol–water partition coefficient (Wildman–Crippen LogP) is 5.03. The van der Waals surface area contributed by atoms with Crippen molar-refractivity contribution in [3.8, 4) is 0 Å². The lowest BCUT2D eigenvalue weighted by atomic mass is 10.1. The van der Waals surface area contributed by atoms with Crippen LogP contribution in [0.5, 0.6) is 0 Å². The van der Waals surface area contributed by atoms with Crippen molar-refractivity contribution in [1.29, 1.82) is 0 Å². The van der Waals surface area contributed by atoms with Gasteiger partial charge in [-0.15, -0.1) is 12.4 Å². The lowest BCUT2D eigenvalue weighted by Crippen LogP contribution is -2.49. The van der Waals surface area contributed by atoms with E-state index >= 15 is 0 Å².